The second-order valence-electron chi connectivity index (χ2n) is 7.57. The van der Waals surface area contributed by atoms with E-state index < -0.39 is 11.9 Å². The Hall–Kier alpha value is -3.39. The van der Waals surface area contributed by atoms with Crippen molar-refractivity contribution in [1.29, 1.82) is 0 Å². The maximum absolute atomic E-state index is 13.6. The molecule has 3 aromatic rings. The summed E-state index contributed by atoms with van der Waals surface area (Å²) >= 11 is 5.94. The van der Waals surface area contributed by atoms with Gasteiger partial charge in [0, 0.05) is 25.2 Å². The number of rotatable bonds is 8. The van der Waals surface area contributed by atoms with E-state index in [1.165, 1.54) is 17.0 Å². The number of hydrogen-bond donors (Lipinski definition) is 2. The second kappa shape index (κ2) is 11.5. The van der Waals surface area contributed by atoms with Crippen LogP contribution in [-0.2, 0) is 11.3 Å². The number of likely N-dealkylation sites (N-methyl/N-ethyl adjacent to an activating group) is 1. The number of ether oxygens (including phenoxy) is 1. The number of nitrogens with zero attached hydrogens (tertiary/aromatic N) is 2. The number of urea groups is 1. The lowest BCUT2D eigenvalue weighted by atomic mass is 10.1. The van der Waals surface area contributed by atoms with Crippen LogP contribution in [0.5, 0.6) is 0 Å². The van der Waals surface area contributed by atoms with Gasteiger partial charge in [0.25, 0.3) is 0 Å². The molecule has 0 aliphatic heterocycles. The minimum absolute atomic E-state index is 0.0118. The Balaban J connectivity index is 1.54. The number of nitrogens with one attached hydrogen (secondary N) is 2. The van der Waals surface area contributed by atoms with Crippen LogP contribution in [0.15, 0.2) is 54.7 Å². The quantitative estimate of drug-likeness (QED) is 0.448. The van der Waals surface area contributed by atoms with Gasteiger partial charge in [0.2, 0.25) is 0 Å². The summed E-state index contributed by atoms with van der Waals surface area (Å²) in [5, 5.41) is 7.23. The van der Waals surface area contributed by atoms with E-state index in [0.29, 0.717) is 17.8 Å². The van der Waals surface area contributed by atoms with Crippen molar-refractivity contribution in [2.24, 2.45) is 0 Å². The Morgan fingerprint density at radius 2 is 1.94 bits per heavy atom. The van der Waals surface area contributed by atoms with Gasteiger partial charge in [-0.15, -0.1) is 0 Å². The van der Waals surface area contributed by atoms with Gasteiger partial charge in [-0.3, -0.25) is 5.32 Å². The fraction of sp³-hybridized carbons (Fsp3) is 0.292. The SMILES string of the molecule is CCC[C@@H](COC(=O)Nc1cc2ccccc2cn1)N(C)C(=O)NCc1cccc(F)c1Cl. The Labute approximate surface area is 196 Å². The molecule has 0 aliphatic carbocycles. The van der Waals surface area contributed by atoms with Gasteiger partial charge in [-0.1, -0.05) is 61.3 Å². The Morgan fingerprint density at radius 3 is 2.70 bits per heavy atom. The summed E-state index contributed by atoms with van der Waals surface area (Å²) in [5.74, 6) is -0.162. The molecule has 3 amide bonds. The molecule has 0 radical (unpaired) electrons. The molecule has 2 N–H and O–H groups in total. The highest BCUT2D eigenvalue weighted by Gasteiger charge is 2.21. The van der Waals surface area contributed by atoms with E-state index in [4.69, 9.17) is 16.3 Å². The van der Waals surface area contributed by atoms with E-state index in [9.17, 15) is 14.0 Å². The van der Waals surface area contributed by atoms with E-state index in [1.54, 1.807) is 25.4 Å². The van der Waals surface area contributed by atoms with Crippen LogP contribution in [0.1, 0.15) is 25.3 Å². The average molecular weight is 473 g/mol. The zero-order valence-electron chi connectivity index (χ0n) is 18.5. The van der Waals surface area contributed by atoms with Gasteiger partial charge in [0.1, 0.15) is 18.2 Å². The number of pyridine rings is 1. The zero-order valence-corrected chi connectivity index (χ0v) is 19.2. The predicted molar refractivity (Wildman–Crippen MR) is 127 cm³/mol. The molecule has 0 saturated carbocycles. The van der Waals surface area contributed by atoms with Crippen molar-refractivity contribution in [3.63, 3.8) is 0 Å². The van der Waals surface area contributed by atoms with Gasteiger partial charge < -0.3 is 15.0 Å². The molecule has 0 aliphatic rings. The fourth-order valence-corrected chi connectivity index (χ4v) is 3.53. The minimum Gasteiger partial charge on any atom is -0.447 e. The van der Waals surface area contributed by atoms with Crippen LogP contribution in [-0.4, -0.2) is 41.7 Å². The predicted octanol–water partition coefficient (Wildman–Crippen LogP) is 5.59. The van der Waals surface area contributed by atoms with E-state index in [0.717, 1.165) is 17.2 Å². The number of carbonyl (C=O) groups is 2. The van der Waals surface area contributed by atoms with Crippen LogP contribution in [0.2, 0.25) is 5.02 Å². The molecule has 0 spiro atoms. The molecule has 1 heterocycles. The number of anilines is 1. The van der Waals surface area contributed by atoms with Crippen molar-refractivity contribution in [2.75, 3.05) is 19.0 Å². The summed E-state index contributed by atoms with van der Waals surface area (Å²) < 4.78 is 18.9. The van der Waals surface area contributed by atoms with Crippen molar-refractivity contribution >= 4 is 40.3 Å². The molecule has 0 fully saturated rings. The van der Waals surface area contributed by atoms with Gasteiger partial charge in [0.15, 0.2) is 0 Å². The average Bonchev–Trinajstić information content (AvgIpc) is 2.82. The topological polar surface area (TPSA) is 83.6 Å². The standard InChI is InChI=1S/C24H26ClFN4O3/c1-3-7-19(30(2)23(31)28-14-18-10-6-11-20(26)22(18)25)15-33-24(32)29-21-12-16-8-4-5-9-17(16)13-27-21/h4-6,8-13,19H,3,7,14-15H2,1-2H3,(H,28,31)(H,27,29,32)/t19-/m0/s1. The molecule has 3 rings (SSSR count). The summed E-state index contributed by atoms with van der Waals surface area (Å²) in [6.45, 7) is 2.07. The lowest BCUT2D eigenvalue weighted by Gasteiger charge is -2.28. The van der Waals surface area contributed by atoms with Gasteiger partial charge in [-0.25, -0.2) is 19.0 Å². The number of benzene rings is 2. The molecule has 7 nitrogen and oxygen atoms in total. The monoisotopic (exact) mass is 472 g/mol. The molecule has 1 atom stereocenters. The molecule has 0 unspecified atom stereocenters. The number of carbonyl (C=O) groups excluding carboxylic acids is 2. The van der Waals surface area contributed by atoms with Crippen LogP contribution >= 0.6 is 11.6 Å². The number of halogens is 2. The third kappa shape index (κ3) is 6.55. The second-order valence-corrected chi connectivity index (χ2v) is 7.94. The highest BCUT2D eigenvalue weighted by molar-refractivity contribution is 6.31. The zero-order chi connectivity index (χ0) is 23.8. The van der Waals surface area contributed by atoms with E-state index >= 15 is 0 Å². The first-order chi connectivity index (χ1) is 15.9. The highest BCUT2D eigenvalue weighted by Crippen LogP contribution is 2.20. The Kier molecular flexibility index (Phi) is 8.43. The lowest BCUT2D eigenvalue weighted by Crippen LogP contribution is -2.45. The summed E-state index contributed by atoms with van der Waals surface area (Å²) in [7, 11) is 1.62. The van der Waals surface area contributed by atoms with E-state index in [2.05, 4.69) is 15.6 Å². The van der Waals surface area contributed by atoms with Crippen molar-refractivity contribution in [3.8, 4) is 0 Å². The van der Waals surface area contributed by atoms with Crippen molar-refractivity contribution in [1.82, 2.24) is 15.2 Å². The van der Waals surface area contributed by atoms with Crippen molar-refractivity contribution in [3.05, 3.63) is 71.1 Å². The van der Waals surface area contributed by atoms with Crippen LogP contribution in [0.3, 0.4) is 0 Å². The first-order valence-corrected chi connectivity index (χ1v) is 11.0. The van der Waals surface area contributed by atoms with Crippen LogP contribution < -0.4 is 10.6 Å². The molecule has 0 bridgehead atoms. The number of fused-ring (bicyclic) bond motifs is 1. The fourth-order valence-electron chi connectivity index (χ4n) is 3.33. The first kappa shape index (κ1) is 24.3. The molecular formula is C24H26ClFN4O3. The molecule has 0 saturated heterocycles. The number of amides is 3. The summed E-state index contributed by atoms with van der Waals surface area (Å²) in [6.07, 6.45) is 2.44. The third-order valence-corrected chi connectivity index (χ3v) is 5.64. The number of hydrogen-bond acceptors (Lipinski definition) is 4. The van der Waals surface area contributed by atoms with Crippen LogP contribution in [0, 0.1) is 5.82 Å². The van der Waals surface area contributed by atoms with E-state index in [-0.39, 0.29) is 30.2 Å². The highest BCUT2D eigenvalue weighted by atomic mass is 35.5. The molecule has 1 aromatic heterocycles. The molecule has 33 heavy (non-hydrogen) atoms. The lowest BCUT2D eigenvalue weighted by molar-refractivity contribution is 0.113. The van der Waals surface area contributed by atoms with Crippen molar-refractivity contribution in [2.45, 2.75) is 32.4 Å². The largest absolute Gasteiger partial charge is 0.447 e. The molecule has 2 aromatic carbocycles. The van der Waals surface area contributed by atoms with Gasteiger partial charge in [-0.05, 0) is 29.5 Å². The Morgan fingerprint density at radius 1 is 1.18 bits per heavy atom. The van der Waals surface area contributed by atoms with Crippen LogP contribution in [0.25, 0.3) is 10.8 Å². The van der Waals surface area contributed by atoms with Gasteiger partial charge >= 0.3 is 12.1 Å². The number of aromatic nitrogens is 1. The van der Waals surface area contributed by atoms with E-state index in [1.807, 2.05) is 31.2 Å². The maximum Gasteiger partial charge on any atom is 0.412 e. The smallest absolute Gasteiger partial charge is 0.412 e. The summed E-state index contributed by atoms with van der Waals surface area (Å²) in [6, 6.07) is 13.2. The molecule has 174 valence electrons. The first-order valence-electron chi connectivity index (χ1n) is 10.6. The normalized spacial score (nSPS) is 11.6. The summed E-state index contributed by atoms with van der Waals surface area (Å²) in [5.41, 5.74) is 0.476. The molecule has 9 heteroatoms. The third-order valence-electron chi connectivity index (χ3n) is 5.22. The van der Waals surface area contributed by atoms with Gasteiger partial charge in [-0.2, -0.15) is 0 Å². The Bertz CT molecular complexity index is 1130. The van der Waals surface area contributed by atoms with Crippen LogP contribution in [0.4, 0.5) is 19.8 Å². The van der Waals surface area contributed by atoms with Crippen molar-refractivity contribution < 1.29 is 18.7 Å². The maximum atomic E-state index is 13.6. The summed E-state index contributed by atoms with van der Waals surface area (Å²) in [4.78, 5) is 30.6. The molecular weight excluding hydrogens is 447 g/mol. The minimum atomic E-state index is -0.653. The van der Waals surface area contributed by atoms with Gasteiger partial charge in [0.05, 0.1) is 11.1 Å².